The van der Waals surface area contributed by atoms with Gasteiger partial charge in [-0.05, 0) is 55.5 Å². The van der Waals surface area contributed by atoms with Gasteiger partial charge in [0.05, 0.1) is 25.8 Å². The van der Waals surface area contributed by atoms with Gasteiger partial charge in [-0.15, -0.1) is 0 Å². The predicted molar refractivity (Wildman–Crippen MR) is 118 cm³/mol. The maximum Gasteiger partial charge on any atom is 0.256 e. The normalized spacial score (nSPS) is 19.0. The van der Waals surface area contributed by atoms with Gasteiger partial charge < -0.3 is 19.3 Å². The Morgan fingerprint density at radius 2 is 1.64 bits per heavy atom. The van der Waals surface area contributed by atoms with Crippen molar-refractivity contribution in [2.24, 2.45) is 5.92 Å². The van der Waals surface area contributed by atoms with Crippen molar-refractivity contribution in [2.45, 2.75) is 31.7 Å². The van der Waals surface area contributed by atoms with Crippen LogP contribution in [0.1, 0.15) is 47.6 Å². The number of carbonyl (C=O) groups is 2. The minimum Gasteiger partial charge on any atom is -0.493 e. The van der Waals surface area contributed by atoms with Crippen molar-refractivity contribution < 1.29 is 27.8 Å². The SMILES string of the molecule is COc1ccc(C2CCCN2C(=O)C2CCN(C(=O)c3ccc(F)cc3F)CC2)cc1OC. The summed E-state index contributed by atoms with van der Waals surface area (Å²) in [7, 11) is 3.18. The summed E-state index contributed by atoms with van der Waals surface area (Å²) < 4.78 is 37.9. The molecule has 0 aromatic heterocycles. The van der Waals surface area contributed by atoms with E-state index in [0.717, 1.165) is 24.5 Å². The molecule has 4 rings (SSSR count). The van der Waals surface area contributed by atoms with E-state index < -0.39 is 17.5 Å². The number of rotatable bonds is 5. The third kappa shape index (κ3) is 4.65. The predicted octanol–water partition coefficient (Wildman–Crippen LogP) is 4.20. The van der Waals surface area contributed by atoms with Gasteiger partial charge in [-0.1, -0.05) is 6.07 Å². The summed E-state index contributed by atoms with van der Waals surface area (Å²) in [6, 6.07) is 8.68. The molecule has 1 unspecified atom stereocenters. The van der Waals surface area contributed by atoms with Gasteiger partial charge in [-0.25, -0.2) is 8.78 Å². The van der Waals surface area contributed by atoms with E-state index >= 15 is 0 Å². The molecule has 2 fully saturated rings. The Morgan fingerprint density at radius 3 is 2.30 bits per heavy atom. The average molecular weight is 459 g/mol. The van der Waals surface area contributed by atoms with Crippen molar-refractivity contribution in [3.05, 3.63) is 59.2 Å². The highest BCUT2D eigenvalue weighted by molar-refractivity contribution is 5.94. The molecule has 2 saturated heterocycles. The number of amides is 2. The lowest BCUT2D eigenvalue weighted by Crippen LogP contribution is -2.44. The second-order valence-electron chi connectivity index (χ2n) is 8.49. The molecule has 2 aromatic rings. The Hall–Kier alpha value is -3.16. The lowest BCUT2D eigenvalue weighted by molar-refractivity contribution is -0.137. The van der Waals surface area contributed by atoms with Crippen LogP contribution in [0, 0.1) is 17.6 Å². The van der Waals surface area contributed by atoms with E-state index in [1.165, 1.54) is 11.0 Å². The van der Waals surface area contributed by atoms with Crippen LogP contribution >= 0.6 is 0 Å². The number of methoxy groups -OCH3 is 2. The lowest BCUT2D eigenvalue weighted by Gasteiger charge is -2.35. The molecule has 176 valence electrons. The van der Waals surface area contributed by atoms with Crippen LogP contribution in [-0.2, 0) is 4.79 Å². The topological polar surface area (TPSA) is 59.1 Å². The number of benzene rings is 2. The van der Waals surface area contributed by atoms with Crippen LogP contribution in [0.3, 0.4) is 0 Å². The lowest BCUT2D eigenvalue weighted by atomic mass is 9.93. The second kappa shape index (κ2) is 9.77. The van der Waals surface area contributed by atoms with Crippen LogP contribution in [0.5, 0.6) is 11.5 Å². The average Bonchev–Trinajstić information content (AvgIpc) is 3.33. The summed E-state index contributed by atoms with van der Waals surface area (Å²) in [5.74, 6) is -0.875. The van der Waals surface area contributed by atoms with Gasteiger partial charge in [0.25, 0.3) is 5.91 Å². The summed E-state index contributed by atoms with van der Waals surface area (Å²) in [6.45, 7) is 1.42. The van der Waals surface area contributed by atoms with Crippen molar-refractivity contribution in [1.29, 1.82) is 0 Å². The maximum absolute atomic E-state index is 14.0. The summed E-state index contributed by atoms with van der Waals surface area (Å²) in [4.78, 5) is 29.5. The molecule has 0 spiro atoms. The molecule has 0 radical (unpaired) electrons. The molecular weight excluding hydrogens is 430 g/mol. The van der Waals surface area contributed by atoms with Crippen molar-refractivity contribution >= 4 is 11.8 Å². The zero-order valence-electron chi connectivity index (χ0n) is 18.9. The molecule has 2 heterocycles. The van der Waals surface area contributed by atoms with E-state index in [2.05, 4.69) is 0 Å². The molecule has 0 bridgehead atoms. The molecule has 33 heavy (non-hydrogen) atoms. The fraction of sp³-hybridized carbons (Fsp3) is 0.440. The second-order valence-corrected chi connectivity index (χ2v) is 8.49. The largest absolute Gasteiger partial charge is 0.493 e. The van der Waals surface area contributed by atoms with E-state index in [1.54, 1.807) is 14.2 Å². The van der Waals surface area contributed by atoms with Gasteiger partial charge in [-0.2, -0.15) is 0 Å². The first-order chi connectivity index (χ1) is 15.9. The zero-order chi connectivity index (χ0) is 23.5. The number of piperidine rings is 1. The molecule has 0 N–H and O–H groups in total. The Labute approximate surface area is 192 Å². The number of likely N-dealkylation sites (tertiary alicyclic amines) is 2. The standard InChI is InChI=1S/C25H28F2N2O4/c1-32-22-8-5-17(14-23(22)33-2)21-4-3-11-29(21)24(30)16-9-12-28(13-10-16)25(31)19-7-6-18(26)15-20(19)27/h5-8,14-16,21H,3-4,9-13H2,1-2H3. The van der Waals surface area contributed by atoms with Crippen LogP contribution in [0.25, 0.3) is 0 Å². The van der Waals surface area contributed by atoms with Gasteiger partial charge in [-0.3, -0.25) is 9.59 Å². The number of carbonyl (C=O) groups excluding carboxylic acids is 2. The monoisotopic (exact) mass is 458 g/mol. The Bertz CT molecular complexity index is 1040. The van der Waals surface area contributed by atoms with Gasteiger partial charge in [0, 0.05) is 31.6 Å². The van der Waals surface area contributed by atoms with Gasteiger partial charge in [0.1, 0.15) is 11.6 Å². The van der Waals surface area contributed by atoms with Gasteiger partial charge in [0.15, 0.2) is 11.5 Å². The fourth-order valence-electron chi connectivity index (χ4n) is 4.83. The third-order valence-corrected chi connectivity index (χ3v) is 6.62. The maximum atomic E-state index is 14.0. The summed E-state index contributed by atoms with van der Waals surface area (Å²) in [6.07, 6.45) is 2.83. The third-order valence-electron chi connectivity index (χ3n) is 6.62. The number of halogens is 2. The van der Waals surface area contributed by atoms with E-state index in [4.69, 9.17) is 9.47 Å². The molecule has 0 saturated carbocycles. The zero-order valence-corrected chi connectivity index (χ0v) is 18.9. The van der Waals surface area contributed by atoms with Gasteiger partial charge in [0.2, 0.25) is 5.91 Å². The summed E-state index contributed by atoms with van der Waals surface area (Å²) in [5.41, 5.74) is 0.868. The van der Waals surface area contributed by atoms with E-state index in [1.807, 2.05) is 23.1 Å². The molecule has 0 aliphatic carbocycles. The number of hydrogen-bond donors (Lipinski definition) is 0. The van der Waals surface area contributed by atoms with Crippen LogP contribution in [0.2, 0.25) is 0 Å². The first-order valence-corrected chi connectivity index (χ1v) is 11.2. The smallest absolute Gasteiger partial charge is 0.256 e. The first kappa shape index (κ1) is 23.0. The fourth-order valence-corrected chi connectivity index (χ4v) is 4.83. The molecule has 2 aromatic carbocycles. The van der Waals surface area contributed by atoms with Crippen molar-refractivity contribution in [1.82, 2.24) is 9.80 Å². The molecule has 6 nitrogen and oxygen atoms in total. The highest BCUT2D eigenvalue weighted by Crippen LogP contribution is 2.38. The Balaban J connectivity index is 1.41. The molecule has 2 aliphatic heterocycles. The number of hydrogen-bond acceptors (Lipinski definition) is 4. The molecule has 1 atom stereocenters. The quantitative estimate of drug-likeness (QED) is 0.674. The van der Waals surface area contributed by atoms with Crippen molar-refractivity contribution in [3.8, 4) is 11.5 Å². The Morgan fingerprint density at radius 1 is 0.909 bits per heavy atom. The number of nitrogens with zero attached hydrogens (tertiary/aromatic N) is 2. The highest BCUT2D eigenvalue weighted by Gasteiger charge is 2.36. The highest BCUT2D eigenvalue weighted by atomic mass is 19.1. The van der Waals surface area contributed by atoms with E-state index in [0.29, 0.717) is 50.0 Å². The minimum absolute atomic E-state index is 0.0229. The van der Waals surface area contributed by atoms with Crippen LogP contribution in [0.4, 0.5) is 8.78 Å². The molecular formula is C25H28F2N2O4. The van der Waals surface area contributed by atoms with Crippen LogP contribution in [0.15, 0.2) is 36.4 Å². The van der Waals surface area contributed by atoms with Crippen LogP contribution < -0.4 is 9.47 Å². The molecule has 8 heteroatoms. The first-order valence-electron chi connectivity index (χ1n) is 11.2. The molecule has 2 amide bonds. The van der Waals surface area contributed by atoms with Crippen molar-refractivity contribution in [2.75, 3.05) is 33.9 Å². The minimum atomic E-state index is -0.868. The van der Waals surface area contributed by atoms with E-state index in [-0.39, 0.29) is 23.4 Å². The molecule has 2 aliphatic rings. The van der Waals surface area contributed by atoms with Crippen molar-refractivity contribution in [3.63, 3.8) is 0 Å². The summed E-state index contributed by atoms with van der Waals surface area (Å²) in [5, 5.41) is 0. The summed E-state index contributed by atoms with van der Waals surface area (Å²) >= 11 is 0. The Kier molecular flexibility index (Phi) is 6.81. The van der Waals surface area contributed by atoms with Gasteiger partial charge >= 0.3 is 0 Å². The van der Waals surface area contributed by atoms with Crippen LogP contribution in [-0.4, -0.2) is 55.5 Å². The van der Waals surface area contributed by atoms with E-state index in [9.17, 15) is 18.4 Å². The number of ether oxygens (including phenoxy) is 2.